The van der Waals surface area contributed by atoms with Crippen LogP contribution in [0.3, 0.4) is 0 Å². The van der Waals surface area contributed by atoms with Crippen molar-refractivity contribution < 1.29 is 17.6 Å². The van der Waals surface area contributed by atoms with E-state index >= 15 is 0 Å². The SMILES string of the molecule is CN(c1ccccc1CNc1nc(Nc2ccc(C(=O)NCc3ccco3)cc2)nc2[nH]ccc12)S(C)(=O)=O. The molecule has 11 nitrogen and oxygen atoms in total. The van der Waals surface area contributed by atoms with Gasteiger partial charge in [0.2, 0.25) is 16.0 Å². The number of carbonyl (C=O) groups excluding carboxylic acids is 1. The highest BCUT2D eigenvalue weighted by Gasteiger charge is 2.16. The molecular weight excluding hydrogens is 518 g/mol. The summed E-state index contributed by atoms with van der Waals surface area (Å²) in [4.78, 5) is 24.7. The van der Waals surface area contributed by atoms with Crippen LogP contribution in [0, 0.1) is 0 Å². The van der Waals surface area contributed by atoms with Gasteiger partial charge in [-0.3, -0.25) is 9.10 Å². The van der Waals surface area contributed by atoms with Crippen LogP contribution in [0.5, 0.6) is 0 Å². The Morgan fingerprint density at radius 3 is 2.54 bits per heavy atom. The number of nitrogens with zero attached hydrogens (tertiary/aromatic N) is 3. The number of hydrogen-bond donors (Lipinski definition) is 4. The molecule has 0 aliphatic heterocycles. The lowest BCUT2D eigenvalue weighted by Crippen LogP contribution is -2.26. The molecule has 0 fully saturated rings. The van der Waals surface area contributed by atoms with E-state index in [1.165, 1.54) is 17.6 Å². The Kier molecular flexibility index (Phi) is 7.19. The van der Waals surface area contributed by atoms with Crippen molar-refractivity contribution in [3.8, 4) is 0 Å². The minimum absolute atomic E-state index is 0.213. The van der Waals surface area contributed by atoms with E-state index in [1.54, 1.807) is 61.0 Å². The zero-order chi connectivity index (χ0) is 27.4. The van der Waals surface area contributed by atoms with Crippen LogP contribution in [0.4, 0.5) is 23.1 Å². The second-order valence-electron chi connectivity index (χ2n) is 8.81. The number of hydrogen-bond acceptors (Lipinski definition) is 8. The number of furan rings is 1. The minimum atomic E-state index is -3.41. The average Bonchev–Trinajstić information content (AvgIpc) is 3.62. The Balaban J connectivity index is 1.31. The summed E-state index contributed by atoms with van der Waals surface area (Å²) in [7, 11) is -1.89. The molecule has 0 atom stereocenters. The predicted octanol–water partition coefficient (Wildman–Crippen LogP) is 4.23. The van der Waals surface area contributed by atoms with Crippen molar-refractivity contribution in [2.24, 2.45) is 0 Å². The van der Waals surface area contributed by atoms with Crippen molar-refractivity contribution in [1.29, 1.82) is 0 Å². The first-order valence-corrected chi connectivity index (χ1v) is 13.9. The van der Waals surface area contributed by atoms with Gasteiger partial charge in [0.1, 0.15) is 17.2 Å². The fourth-order valence-electron chi connectivity index (χ4n) is 3.97. The molecule has 1 amide bonds. The average molecular weight is 546 g/mol. The molecule has 12 heteroatoms. The maximum absolute atomic E-state index is 12.4. The predicted molar refractivity (Wildman–Crippen MR) is 151 cm³/mol. The molecule has 3 heterocycles. The summed E-state index contributed by atoms with van der Waals surface area (Å²) >= 11 is 0. The third kappa shape index (κ3) is 6.02. The van der Waals surface area contributed by atoms with E-state index in [9.17, 15) is 13.2 Å². The van der Waals surface area contributed by atoms with Gasteiger partial charge >= 0.3 is 0 Å². The summed E-state index contributed by atoms with van der Waals surface area (Å²) in [6, 6.07) is 19.7. The molecule has 0 spiro atoms. The molecule has 0 bridgehead atoms. The summed E-state index contributed by atoms with van der Waals surface area (Å²) in [6.07, 6.45) is 4.50. The summed E-state index contributed by atoms with van der Waals surface area (Å²) in [6.45, 7) is 0.648. The molecule has 5 rings (SSSR count). The van der Waals surface area contributed by atoms with Crippen molar-refractivity contribution in [3.63, 3.8) is 0 Å². The number of para-hydroxylation sites is 1. The highest BCUT2D eigenvalue weighted by atomic mass is 32.2. The Labute approximate surface area is 225 Å². The molecule has 200 valence electrons. The van der Waals surface area contributed by atoms with Crippen LogP contribution < -0.4 is 20.3 Å². The standard InChI is InChI=1S/C27H27N7O4S/c1-34(39(2,36)37)23-8-4-3-6-19(23)16-29-25-22-13-14-28-24(22)32-27(33-25)31-20-11-9-18(10-12-20)26(35)30-17-21-7-5-15-38-21/h3-15H,16-17H2,1-2H3,(H,30,35)(H3,28,29,31,32,33). The van der Waals surface area contributed by atoms with Gasteiger partial charge in [0.05, 0.1) is 30.1 Å². The van der Waals surface area contributed by atoms with E-state index in [0.29, 0.717) is 53.2 Å². The highest BCUT2D eigenvalue weighted by molar-refractivity contribution is 7.92. The summed E-state index contributed by atoms with van der Waals surface area (Å²) in [5, 5.41) is 10.1. The zero-order valence-electron chi connectivity index (χ0n) is 21.3. The van der Waals surface area contributed by atoms with Crippen LogP contribution in [-0.2, 0) is 23.1 Å². The number of amides is 1. The Hall–Kier alpha value is -4.84. The van der Waals surface area contributed by atoms with Gasteiger partial charge in [-0.25, -0.2) is 8.42 Å². The molecule has 0 radical (unpaired) electrons. The minimum Gasteiger partial charge on any atom is -0.467 e. The van der Waals surface area contributed by atoms with E-state index in [0.717, 1.165) is 10.9 Å². The summed E-state index contributed by atoms with van der Waals surface area (Å²) in [5.74, 6) is 1.39. The Morgan fingerprint density at radius 2 is 1.79 bits per heavy atom. The Morgan fingerprint density at radius 1 is 1.00 bits per heavy atom. The zero-order valence-corrected chi connectivity index (χ0v) is 22.1. The molecular formula is C27H27N7O4S. The van der Waals surface area contributed by atoms with Gasteiger partial charge in [-0.05, 0) is 54.1 Å². The molecule has 0 aliphatic carbocycles. The second kappa shape index (κ2) is 10.9. The van der Waals surface area contributed by atoms with Gasteiger partial charge < -0.3 is 25.4 Å². The van der Waals surface area contributed by atoms with Gasteiger partial charge in [0.25, 0.3) is 5.91 Å². The van der Waals surface area contributed by atoms with Gasteiger partial charge in [-0.1, -0.05) is 18.2 Å². The van der Waals surface area contributed by atoms with Crippen LogP contribution >= 0.6 is 0 Å². The fraction of sp³-hybridized carbons (Fsp3) is 0.148. The lowest BCUT2D eigenvalue weighted by molar-refractivity contribution is 0.0948. The first-order chi connectivity index (χ1) is 18.8. The summed E-state index contributed by atoms with van der Waals surface area (Å²) < 4.78 is 30.7. The number of H-pyrrole nitrogens is 1. The van der Waals surface area contributed by atoms with Crippen molar-refractivity contribution >= 4 is 50.1 Å². The third-order valence-corrected chi connectivity index (χ3v) is 7.29. The van der Waals surface area contributed by atoms with Crippen molar-refractivity contribution in [2.45, 2.75) is 13.1 Å². The van der Waals surface area contributed by atoms with Crippen LogP contribution in [0.15, 0.2) is 83.6 Å². The number of carbonyl (C=O) groups is 1. The highest BCUT2D eigenvalue weighted by Crippen LogP contribution is 2.26. The lowest BCUT2D eigenvalue weighted by Gasteiger charge is -2.20. The molecule has 3 aromatic heterocycles. The van der Waals surface area contributed by atoms with Crippen LogP contribution in [0.2, 0.25) is 0 Å². The quantitative estimate of drug-likeness (QED) is 0.204. The first-order valence-electron chi connectivity index (χ1n) is 12.1. The largest absolute Gasteiger partial charge is 0.467 e. The molecule has 4 N–H and O–H groups in total. The molecule has 0 unspecified atom stereocenters. The second-order valence-corrected chi connectivity index (χ2v) is 10.8. The van der Waals surface area contributed by atoms with E-state index < -0.39 is 10.0 Å². The van der Waals surface area contributed by atoms with Gasteiger partial charge in [-0.15, -0.1) is 0 Å². The van der Waals surface area contributed by atoms with Crippen molar-refractivity contribution in [2.75, 3.05) is 28.2 Å². The number of aromatic amines is 1. The third-order valence-electron chi connectivity index (χ3n) is 6.10. The van der Waals surface area contributed by atoms with Gasteiger partial charge in [0.15, 0.2) is 0 Å². The van der Waals surface area contributed by atoms with Crippen LogP contribution in [-0.4, -0.2) is 42.6 Å². The number of benzene rings is 2. The van der Waals surface area contributed by atoms with E-state index in [2.05, 4.69) is 30.9 Å². The number of anilines is 4. The molecule has 0 saturated carbocycles. The number of fused-ring (bicyclic) bond motifs is 1. The fourth-order valence-corrected chi connectivity index (χ4v) is 4.51. The number of aromatic nitrogens is 3. The monoisotopic (exact) mass is 545 g/mol. The molecule has 5 aromatic rings. The number of sulfonamides is 1. The normalized spacial score (nSPS) is 11.3. The summed E-state index contributed by atoms with van der Waals surface area (Å²) in [5.41, 5.74) is 3.22. The number of nitrogens with one attached hydrogen (secondary N) is 4. The van der Waals surface area contributed by atoms with Crippen molar-refractivity contribution in [3.05, 3.63) is 96.1 Å². The van der Waals surface area contributed by atoms with Gasteiger partial charge in [0, 0.05) is 31.0 Å². The Bertz CT molecular complexity index is 1700. The van der Waals surface area contributed by atoms with Gasteiger partial charge in [-0.2, -0.15) is 9.97 Å². The molecule has 39 heavy (non-hydrogen) atoms. The smallest absolute Gasteiger partial charge is 0.251 e. The van der Waals surface area contributed by atoms with E-state index in [1.807, 2.05) is 18.2 Å². The van der Waals surface area contributed by atoms with E-state index in [4.69, 9.17) is 4.42 Å². The van der Waals surface area contributed by atoms with Crippen LogP contribution in [0.25, 0.3) is 11.0 Å². The molecule has 0 saturated heterocycles. The lowest BCUT2D eigenvalue weighted by atomic mass is 10.1. The van der Waals surface area contributed by atoms with E-state index in [-0.39, 0.29) is 5.91 Å². The molecule has 0 aliphatic rings. The first kappa shape index (κ1) is 25.8. The van der Waals surface area contributed by atoms with Crippen LogP contribution in [0.1, 0.15) is 21.7 Å². The van der Waals surface area contributed by atoms with Crippen molar-refractivity contribution in [1.82, 2.24) is 20.3 Å². The molecule has 2 aromatic carbocycles. The maximum atomic E-state index is 12.4. The number of rotatable bonds is 10. The topological polar surface area (TPSA) is 145 Å². The maximum Gasteiger partial charge on any atom is 0.251 e.